The molecule has 0 saturated carbocycles. The first-order chi connectivity index (χ1) is 11.6. The van der Waals surface area contributed by atoms with Crippen molar-refractivity contribution in [2.45, 2.75) is 25.7 Å². The Morgan fingerprint density at radius 3 is 3.08 bits per heavy atom. The number of likely N-dealkylation sites (tertiary alicyclic amines) is 1. The highest BCUT2D eigenvalue weighted by molar-refractivity contribution is 7.10. The van der Waals surface area contributed by atoms with E-state index in [1.54, 1.807) is 17.5 Å². The van der Waals surface area contributed by atoms with Crippen molar-refractivity contribution in [1.29, 1.82) is 0 Å². The summed E-state index contributed by atoms with van der Waals surface area (Å²) in [6.07, 6.45) is 3.87. The molecule has 0 unspecified atom stereocenters. The SMILES string of the molecule is Cc1cc(C(=O)N2CCC[C@H](c3nn(C)c4ncccc34)C2)cs1. The number of amides is 1. The molecule has 3 aromatic rings. The zero-order chi connectivity index (χ0) is 16.7. The maximum absolute atomic E-state index is 12.8. The van der Waals surface area contributed by atoms with Gasteiger partial charge in [-0.25, -0.2) is 4.98 Å². The van der Waals surface area contributed by atoms with Gasteiger partial charge in [-0.2, -0.15) is 5.10 Å². The number of piperidine rings is 1. The predicted octanol–water partition coefficient (Wildman–Crippen LogP) is 3.36. The first kappa shape index (κ1) is 15.3. The van der Waals surface area contributed by atoms with Crippen LogP contribution in [0.2, 0.25) is 0 Å². The quantitative estimate of drug-likeness (QED) is 0.719. The molecule has 1 aliphatic rings. The molecular weight excluding hydrogens is 320 g/mol. The van der Waals surface area contributed by atoms with Crippen LogP contribution in [0.25, 0.3) is 11.0 Å². The minimum absolute atomic E-state index is 0.141. The normalized spacial score (nSPS) is 18.2. The predicted molar refractivity (Wildman–Crippen MR) is 95.4 cm³/mol. The molecule has 1 atom stereocenters. The van der Waals surface area contributed by atoms with Crippen LogP contribution in [0.1, 0.15) is 39.7 Å². The minimum atomic E-state index is 0.141. The first-order valence-electron chi connectivity index (χ1n) is 8.25. The molecule has 4 rings (SSSR count). The molecule has 4 heterocycles. The summed E-state index contributed by atoms with van der Waals surface area (Å²) in [6, 6.07) is 6.01. The number of carbonyl (C=O) groups is 1. The van der Waals surface area contributed by atoms with Gasteiger partial charge in [-0.05, 0) is 38.0 Å². The fourth-order valence-corrected chi connectivity index (χ4v) is 4.22. The van der Waals surface area contributed by atoms with Gasteiger partial charge in [-0.3, -0.25) is 9.48 Å². The molecule has 0 aliphatic carbocycles. The second-order valence-electron chi connectivity index (χ2n) is 6.42. The summed E-state index contributed by atoms with van der Waals surface area (Å²) in [5.41, 5.74) is 2.79. The van der Waals surface area contributed by atoms with E-state index in [9.17, 15) is 4.79 Å². The highest BCUT2D eigenvalue weighted by Gasteiger charge is 2.28. The fraction of sp³-hybridized carbons (Fsp3) is 0.389. The van der Waals surface area contributed by atoms with Crippen LogP contribution in [-0.4, -0.2) is 38.7 Å². The van der Waals surface area contributed by atoms with Gasteiger partial charge < -0.3 is 4.90 Å². The molecule has 0 bridgehead atoms. The van der Waals surface area contributed by atoms with Crippen molar-refractivity contribution in [3.63, 3.8) is 0 Å². The molecule has 0 aromatic carbocycles. The Kier molecular flexibility index (Phi) is 3.84. The second-order valence-corrected chi connectivity index (χ2v) is 7.54. The summed E-state index contributed by atoms with van der Waals surface area (Å²) >= 11 is 1.63. The molecule has 1 aliphatic heterocycles. The van der Waals surface area contributed by atoms with Crippen LogP contribution in [-0.2, 0) is 7.05 Å². The topological polar surface area (TPSA) is 51.0 Å². The highest BCUT2D eigenvalue weighted by Crippen LogP contribution is 2.31. The van der Waals surface area contributed by atoms with E-state index in [0.29, 0.717) is 0 Å². The van der Waals surface area contributed by atoms with Crippen LogP contribution in [0.15, 0.2) is 29.8 Å². The van der Waals surface area contributed by atoms with Gasteiger partial charge in [0.15, 0.2) is 5.65 Å². The van der Waals surface area contributed by atoms with E-state index < -0.39 is 0 Å². The molecule has 0 spiro atoms. The lowest BCUT2D eigenvalue weighted by atomic mass is 9.93. The van der Waals surface area contributed by atoms with Crippen LogP contribution < -0.4 is 0 Å². The number of hydrogen-bond donors (Lipinski definition) is 0. The summed E-state index contributed by atoms with van der Waals surface area (Å²) in [5.74, 6) is 0.415. The van der Waals surface area contributed by atoms with Crippen LogP contribution in [0.4, 0.5) is 0 Å². The van der Waals surface area contributed by atoms with Crippen molar-refractivity contribution < 1.29 is 4.79 Å². The van der Waals surface area contributed by atoms with E-state index in [0.717, 1.165) is 48.2 Å². The van der Waals surface area contributed by atoms with E-state index in [2.05, 4.69) is 11.1 Å². The molecule has 3 aromatic heterocycles. The van der Waals surface area contributed by atoms with Crippen molar-refractivity contribution in [3.05, 3.63) is 45.9 Å². The number of fused-ring (bicyclic) bond motifs is 1. The molecule has 1 saturated heterocycles. The Morgan fingerprint density at radius 1 is 1.42 bits per heavy atom. The molecule has 0 radical (unpaired) electrons. The number of pyridine rings is 1. The number of carbonyl (C=O) groups excluding carboxylic acids is 1. The summed E-state index contributed by atoms with van der Waals surface area (Å²) < 4.78 is 1.84. The van der Waals surface area contributed by atoms with Crippen molar-refractivity contribution in [2.24, 2.45) is 7.05 Å². The van der Waals surface area contributed by atoms with Gasteiger partial charge in [0.05, 0.1) is 11.3 Å². The summed E-state index contributed by atoms with van der Waals surface area (Å²) in [4.78, 5) is 20.3. The van der Waals surface area contributed by atoms with E-state index in [1.807, 2.05) is 41.1 Å². The van der Waals surface area contributed by atoms with E-state index >= 15 is 0 Å². The highest BCUT2D eigenvalue weighted by atomic mass is 32.1. The average molecular weight is 340 g/mol. The number of rotatable bonds is 2. The van der Waals surface area contributed by atoms with Crippen molar-refractivity contribution in [1.82, 2.24) is 19.7 Å². The second kappa shape index (κ2) is 6.02. The number of nitrogens with zero attached hydrogens (tertiary/aromatic N) is 4. The van der Waals surface area contributed by atoms with Gasteiger partial charge in [0.25, 0.3) is 5.91 Å². The summed E-state index contributed by atoms with van der Waals surface area (Å²) in [6.45, 7) is 3.59. The van der Waals surface area contributed by atoms with Gasteiger partial charge in [0.2, 0.25) is 0 Å². The third-order valence-electron chi connectivity index (χ3n) is 4.70. The number of aryl methyl sites for hydroxylation is 2. The Morgan fingerprint density at radius 2 is 2.29 bits per heavy atom. The standard InChI is InChI=1S/C18H20N4OS/c1-12-9-14(11-24-12)18(23)22-8-4-5-13(10-22)16-15-6-3-7-19-17(15)21(2)20-16/h3,6-7,9,11,13H,4-5,8,10H2,1-2H3/t13-/m0/s1. The van der Waals surface area contributed by atoms with Crippen LogP contribution in [0.5, 0.6) is 0 Å². The Labute approximate surface area is 144 Å². The Balaban J connectivity index is 1.61. The van der Waals surface area contributed by atoms with Crippen LogP contribution >= 0.6 is 11.3 Å². The number of hydrogen-bond acceptors (Lipinski definition) is 4. The molecule has 5 nitrogen and oxygen atoms in total. The summed E-state index contributed by atoms with van der Waals surface area (Å²) in [7, 11) is 1.93. The maximum atomic E-state index is 12.8. The van der Waals surface area contributed by atoms with E-state index in [4.69, 9.17) is 5.10 Å². The molecule has 1 amide bonds. The molecule has 24 heavy (non-hydrogen) atoms. The smallest absolute Gasteiger partial charge is 0.254 e. The van der Waals surface area contributed by atoms with Gasteiger partial charge in [0, 0.05) is 47.9 Å². The van der Waals surface area contributed by atoms with Crippen molar-refractivity contribution >= 4 is 28.3 Å². The lowest BCUT2D eigenvalue weighted by Gasteiger charge is -2.32. The fourth-order valence-electron chi connectivity index (χ4n) is 3.54. The lowest BCUT2D eigenvalue weighted by molar-refractivity contribution is 0.0706. The number of aromatic nitrogens is 3. The Hall–Kier alpha value is -2.21. The lowest BCUT2D eigenvalue weighted by Crippen LogP contribution is -2.39. The molecule has 124 valence electrons. The first-order valence-corrected chi connectivity index (χ1v) is 9.13. The Bertz CT molecular complexity index is 897. The minimum Gasteiger partial charge on any atom is -0.338 e. The average Bonchev–Trinajstić information content (AvgIpc) is 3.19. The van der Waals surface area contributed by atoms with Gasteiger partial charge in [-0.1, -0.05) is 0 Å². The molecule has 6 heteroatoms. The molecular formula is C18H20N4OS. The monoisotopic (exact) mass is 340 g/mol. The number of thiophene rings is 1. The van der Waals surface area contributed by atoms with Crippen LogP contribution in [0, 0.1) is 6.92 Å². The van der Waals surface area contributed by atoms with Gasteiger partial charge in [0.1, 0.15) is 0 Å². The van der Waals surface area contributed by atoms with Crippen LogP contribution in [0.3, 0.4) is 0 Å². The zero-order valence-corrected chi connectivity index (χ0v) is 14.7. The van der Waals surface area contributed by atoms with E-state index in [1.165, 1.54) is 4.88 Å². The molecule has 1 fully saturated rings. The summed E-state index contributed by atoms with van der Waals surface area (Å²) in [5, 5.41) is 7.76. The zero-order valence-electron chi connectivity index (χ0n) is 13.9. The van der Waals surface area contributed by atoms with Gasteiger partial charge >= 0.3 is 0 Å². The van der Waals surface area contributed by atoms with E-state index in [-0.39, 0.29) is 11.8 Å². The van der Waals surface area contributed by atoms with Crippen molar-refractivity contribution in [2.75, 3.05) is 13.1 Å². The largest absolute Gasteiger partial charge is 0.338 e. The maximum Gasteiger partial charge on any atom is 0.254 e. The van der Waals surface area contributed by atoms with Gasteiger partial charge in [-0.15, -0.1) is 11.3 Å². The third kappa shape index (κ3) is 2.60. The third-order valence-corrected chi connectivity index (χ3v) is 5.56. The molecule has 0 N–H and O–H groups in total. The van der Waals surface area contributed by atoms with Crippen molar-refractivity contribution in [3.8, 4) is 0 Å².